The predicted octanol–water partition coefficient (Wildman–Crippen LogP) is 4.48. The summed E-state index contributed by atoms with van der Waals surface area (Å²) in [5.41, 5.74) is 8.87. The number of ether oxygens (including phenoxy) is 2. The van der Waals surface area contributed by atoms with E-state index in [9.17, 15) is 4.39 Å². The lowest BCUT2D eigenvalue weighted by molar-refractivity contribution is 0.292. The van der Waals surface area contributed by atoms with E-state index in [-0.39, 0.29) is 30.5 Å². The first-order chi connectivity index (χ1) is 17.9. The minimum atomic E-state index is -0.492. The number of anilines is 2. The van der Waals surface area contributed by atoms with Crippen molar-refractivity contribution in [2.75, 3.05) is 24.2 Å². The summed E-state index contributed by atoms with van der Waals surface area (Å²) in [7, 11) is 0. The maximum atomic E-state index is 14.2. The summed E-state index contributed by atoms with van der Waals surface area (Å²) in [6.07, 6.45) is 3.56. The molecule has 0 unspecified atom stereocenters. The van der Waals surface area contributed by atoms with Crippen molar-refractivity contribution in [3.63, 3.8) is 0 Å². The van der Waals surface area contributed by atoms with Crippen LogP contribution in [0.15, 0.2) is 67.1 Å². The molecule has 10 heteroatoms. The zero-order valence-corrected chi connectivity index (χ0v) is 20.2. The maximum absolute atomic E-state index is 14.2. The lowest BCUT2D eigenvalue weighted by Crippen LogP contribution is -2.15. The van der Waals surface area contributed by atoms with Gasteiger partial charge in [-0.1, -0.05) is 6.07 Å². The van der Waals surface area contributed by atoms with Crippen LogP contribution >= 0.6 is 0 Å². The van der Waals surface area contributed by atoms with Gasteiger partial charge in [-0.2, -0.15) is 0 Å². The first-order valence-electron chi connectivity index (χ1n) is 11.6. The maximum Gasteiger partial charge on any atom is 0.141 e. The number of benzene rings is 2. The molecule has 0 spiro atoms. The van der Waals surface area contributed by atoms with Gasteiger partial charge in [0.1, 0.15) is 47.6 Å². The number of nitrogen functional groups attached to an aromatic ring is 1. The van der Waals surface area contributed by atoms with Crippen molar-refractivity contribution in [1.82, 2.24) is 15.0 Å². The number of aliphatic hydroxyl groups is 1. The highest BCUT2D eigenvalue weighted by Gasteiger charge is 2.16. The molecule has 0 amide bonds. The summed E-state index contributed by atoms with van der Waals surface area (Å²) in [6.45, 7) is 2.65. The minimum Gasteiger partial charge on any atom is -0.489 e. The van der Waals surface area contributed by atoms with Gasteiger partial charge in [0.25, 0.3) is 0 Å². The van der Waals surface area contributed by atoms with E-state index in [2.05, 4.69) is 20.3 Å². The SMILES string of the molecule is Cc1ccc(COc2cc(F)cc(Oc3ccc(C(=N)c4c(N)ncnc4NCCCO)cc3)c2)cn1. The Morgan fingerprint density at radius 1 is 1.03 bits per heavy atom. The third kappa shape index (κ3) is 6.77. The number of hydrogen-bond donors (Lipinski definition) is 4. The molecule has 0 fully saturated rings. The Balaban J connectivity index is 1.45. The van der Waals surface area contributed by atoms with Crippen molar-refractivity contribution in [1.29, 1.82) is 5.41 Å². The van der Waals surface area contributed by atoms with E-state index in [1.807, 2.05) is 19.1 Å². The second kappa shape index (κ2) is 11.9. The number of pyridine rings is 1. The molecule has 2 aromatic carbocycles. The quantitative estimate of drug-likeness (QED) is 0.174. The van der Waals surface area contributed by atoms with E-state index >= 15 is 0 Å². The van der Waals surface area contributed by atoms with Crippen LogP contribution in [0.4, 0.5) is 16.0 Å². The van der Waals surface area contributed by atoms with Crippen LogP contribution < -0.4 is 20.5 Å². The third-order valence-corrected chi connectivity index (χ3v) is 5.36. The second-order valence-electron chi connectivity index (χ2n) is 8.21. The Morgan fingerprint density at radius 3 is 2.54 bits per heavy atom. The molecule has 0 aliphatic heterocycles. The number of aryl methyl sites for hydroxylation is 1. The van der Waals surface area contributed by atoms with Crippen molar-refractivity contribution < 1.29 is 19.0 Å². The molecule has 37 heavy (non-hydrogen) atoms. The molecule has 0 radical (unpaired) electrons. The largest absolute Gasteiger partial charge is 0.489 e. The summed E-state index contributed by atoms with van der Waals surface area (Å²) in [5.74, 6) is 1.15. The smallest absolute Gasteiger partial charge is 0.141 e. The number of rotatable bonds is 11. The van der Waals surface area contributed by atoms with Gasteiger partial charge in [-0.3, -0.25) is 10.4 Å². The van der Waals surface area contributed by atoms with E-state index in [4.69, 9.17) is 25.7 Å². The molecule has 0 saturated carbocycles. The molecule has 4 aromatic rings. The first kappa shape index (κ1) is 25.5. The molecule has 0 aliphatic carbocycles. The van der Waals surface area contributed by atoms with Gasteiger partial charge in [0.05, 0.1) is 11.3 Å². The van der Waals surface area contributed by atoms with Crippen LogP contribution in [0.1, 0.15) is 28.8 Å². The van der Waals surface area contributed by atoms with Crippen LogP contribution in [0.5, 0.6) is 17.2 Å². The highest BCUT2D eigenvalue weighted by atomic mass is 19.1. The van der Waals surface area contributed by atoms with E-state index in [0.29, 0.717) is 41.4 Å². The normalized spacial score (nSPS) is 10.7. The second-order valence-corrected chi connectivity index (χ2v) is 8.21. The standard InChI is InChI=1S/C27H27FN6O3/c1-17-3-4-18(14-32-17)15-36-22-11-20(28)12-23(13-22)37-21-7-5-19(6-8-21)25(29)24-26(30)33-16-34-27(24)31-9-2-10-35/h3-8,11-14,16,29,35H,2,9-10,15H2,1H3,(H3,30,31,33,34). The minimum absolute atomic E-state index is 0.0327. The van der Waals surface area contributed by atoms with Gasteiger partial charge in [-0.15, -0.1) is 0 Å². The van der Waals surface area contributed by atoms with Gasteiger partial charge in [-0.25, -0.2) is 14.4 Å². The Labute approximate surface area is 213 Å². The van der Waals surface area contributed by atoms with Crippen molar-refractivity contribution in [2.45, 2.75) is 20.0 Å². The van der Waals surface area contributed by atoms with Crippen molar-refractivity contribution in [2.24, 2.45) is 0 Å². The van der Waals surface area contributed by atoms with Gasteiger partial charge in [0.15, 0.2) is 0 Å². The summed E-state index contributed by atoms with van der Waals surface area (Å²) >= 11 is 0. The Hall–Kier alpha value is -4.57. The topological polar surface area (TPSA) is 139 Å². The number of nitrogens with zero attached hydrogens (tertiary/aromatic N) is 3. The molecule has 0 atom stereocenters. The van der Waals surface area contributed by atoms with Gasteiger partial charge in [0, 0.05) is 54.4 Å². The number of nitrogens with two attached hydrogens (primary N) is 1. The van der Waals surface area contributed by atoms with Gasteiger partial charge in [0.2, 0.25) is 0 Å². The Bertz CT molecular complexity index is 1360. The average Bonchev–Trinajstić information content (AvgIpc) is 2.88. The van der Waals surface area contributed by atoms with Gasteiger partial charge < -0.3 is 25.6 Å². The van der Waals surface area contributed by atoms with Crippen LogP contribution in [0, 0.1) is 18.2 Å². The molecule has 9 nitrogen and oxygen atoms in total. The highest BCUT2D eigenvalue weighted by molar-refractivity contribution is 6.16. The highest BCUT2D eigenvalue weighted by Crippen LogP contribution is 2.29. The monoisotopic (exact) mass is 502 g/mol. The lowest BCUT2D eigenvalue weighted by Gasteiger charge is -2.14. The molecule has 0 saturated heterocycles. The van der Waals surface area contributed by atoms with Crippen LogP contribution in [0.25, 0.3) is 0 Å². The fourth-order valence-corrected chi connectivity index (χ4v) is 3.47. The molecular weight excluding hydrogens is 475 g/mol. The summed E-state index contributed by atoms with van der Waals surface area (Å²) < 4.78 is 25.8. The van der Waals surface area contributed by atoms with E-state index in [1.54, 1.807) is 36.5 Å². The predicted molar refractivity (Wildman–Crippen MR) is 139 cm³/mol. The number of aliphatic hydroxyl groups excluding tert-OH is 1. The van der Waals surface area contributed by atoms with E-state index in [0.717, 1.165) is 11.3 Å². The van der Waals surface area contributed by atoms with Crippen molar-refractivity contribution in [3.05, 3.63) is 95.3 Å². The van der Waals surface area contributed by atoms with Gasteiger partial charge >= 0.3 is 0 Å². The van der Waals surface area contributed by atoms with Crippen molar-refractivity contribution in [3.8, 4) is 17.2 Å². The average molecular weight is 503 g/mol. The van der Waals surface area contributed by atoms with Gasteiger partial charge in [-0.05, 0) is 43.7 Å². The van der Waals surface area contributed by atoms with Crippen LogP contribution in [0.3, 0.4) is 0 Å². The number of nitrogens with one attached hydrogen (secondary N) is 2. The zero-order valence-electron chi connectivity index (χ0n) is 20.2. The molecule has 2 heterocycles. The molecule has 0 aliphatic rings. The van der Waals surface area contributed by atoms with Crippen LogP contribution in [-0.2, 0) is 6.61 Å². The first-order valence-corrected chi connectivity index (χ1v) is 11.6. The summed E-state index contributed by atoms with van der Waals surface area (Å²) in [5, 5.41) is 20.7. The number of hydrogen-bond acceptors (Lipinski definition) is 9. The summed E-state index contributed by atoms with van der Waals surface area (Å²) in [6, 6.07) is 14.7. The third-order valence-electron chi connectivity index (χ3n) is 5.36. The lowest BCUT2D eigenvalue weighted by atomic mass is 10.0. The molecular formula is C27H27FN6O3. The molecule has 4 rings (SSSR count). The van der Waals surface area contributed by atoms with Crippen LogP contribution in [0.2, 0.25) is 0 Å². The zero-order chi connectivity index (χ0) is 26.2. The molecule has 0 bridgehead atoms. The van der Waals surface area contributed by atoms with E-state index < -0.39 is 5.82 Å². The molecule has 190 valence electrons. The van der Waals surface area contributed by atoms with Crippen LogP contribution in [-0.4, -0.2) is 38.9 Å². The van der Waals surface area contributed by atoms with E-state index in [1.165, 1.54) is 18.5 Å². The molecule has 2 aromatic heterocycles. The van der Waals surface area contributed by atoms with Crippen molar-refractivity contribution >= 4 is 17.3 Å². The fraction of sp³-hybridized carbons (Fsp3) is 0.185. The number of halogens is 1. The Morgan fingerprint density at radius 2 is 1.81 bits per heavy atom. The number of aromatic nitrogens is 3. The Kier molecular flexibility index (Phi) is 8.22. The fourth-order valence-electron chi connectivity index (χ4n) is 3.47. The molecule has 5 N–H and O–H groups in total. The summed E-state index contributed by atoms with van der Waals surface area (Å²) in [4.78, 5) is 12.4.